The van der Waals surface area contributed by atoms with Crippen LogP contribution in [0.1, 0.15) is 93.6 Å². The van der Waals surface area contributed by atoms with Crippen LogP contribution in [0.15, 0.2) is 24.3 Å². The molecule has 1 aromatic rings. The van der Waals surface area contributed by atoms with Crippen LogP contribution >= 0.6 is 0 Å². The van der Waals surface area contributed by atoms with Crippen LogP contribution in [0.5, 0.6) is 5.75 Å². The van der Waals surface area contributed by atoms with Gasteiger partial charge in [-0.25, -0.2) is 9.59 Å². The second kappa shape index (κ2) is 29.0. The maximum absolute atomic E-state index is 14.4. The van der Waals surface area contributed by atoms with Crippen LogP contribution in [0, 0.1) is 23.7 Å². The van der Waals surface area contributed by atoms with Gasteiger partial charge in [0.25, 0.3) is 0 Å². The number of nitrogens with one attached hydrogen (secondary N) is 2. The van der Waals surface area contributed by atoms with Crippen LogP contribution in [-0.2, 0) is 77.9 Å². The number of nitrogens with zero attached hydrogens (tertiary/aromatic N) is 3. The zero-order valence-corrected chi connectivity index (χ0v) is 46.1. The Kier molecular flexibility index (Phi) is 24.7. The summed E-state index contributed by atoms with van der Waals surface area (Å²) in [5.74, 6) is -5.81. The lowest BCUT2D eigenvalue weighted by atomic mass is 9.89. The SMILES string of the molecule is CCC(C)[C@@H]([C@@H](CC(=O)N1CCC[C@H]1[C@H](OC)[C@@H](C)C(=O)N[C@H](Cc1ccc(O[C@H]2O[C@@H](C(=O)OC)[C@H](O)[C@@H](OC(C)=O)[C@@H]2OC(C)=O)cc1)C(=O)OC)OC)N(C)C(=O)[C@@H](NC(=O)[C@H](C(C)C)N(C)C)C(C)C. The highest BCUT2D eigenvalue weighted by Crippen LogP contribution is 2.32. The normalized spacial score (nSPS) is 23.1. The second-order valence-corrected chi connectivity index (χ2v) is 20.1. The summed E-state index contributed by atoms with van der Waals surface area (Å²) in [5.41, 5.74) is 0.544. The van der Waals surface area contributed by atoms with Crippen molar-refractivity contribution in [2.45, 2.75) is 168 Å². The summed E-state index contributed by atoms with van der Waals surface area (Å²) in [6, 6.07) is 2.63. The molecule has 2 heterocycles. The highest BCUT2D eigenvalue weighted by Gasteiger charge is 2.53. The highest BCUT2D eigenvalue weighted by molar-refractivity contribution is 5.90. The van der Waals surface area contributed by atoms with Gasteiger partial charge in [0.05, 0.1) is 56.9 Å². The van der Waals surface area contributed by atoms with E-state index in [1.165, 1.54) is 33.5 Å². The number of aliphatic hydroxyl groups is 1. The summed E-state index contributed by atoms with van der Waals surface area (Å²) < 4.78 is 44.1. The smallest absolute Gasteiger partial charge is 0.338 e. The molecule has 3 N–H and O–H groups in total. The zero-order chi connectivity index (χ0) is 55.9. The molecule has 0 aromatic heterocycles. The number of esters is 4. The predicted molar refractivity (Wildman–Crippen MR) is 268 cm³/mol. The molecule has 1 aromatic carbocycles. The molecule has 22 nitrogen and oxygen atoms in total. The summed E-state index contributed by atoms with van der Waals surface area (Å²) in [6.07, 6.45) is -7.91. The van der Waals surface area contributed by atoms with E-state index in [2.05, 4.69) is 10.6 Å². The van der Waals surface area contributed by atoms with E-state index in [0.717, 1.165) is 21.0 Å². The standard InChI is InChI=1S/C52H83N5O17/c1-17-29(6)41(56(12)49(64)39(27(2)3)54-48(63)40(28(4)5)55(10)11)37(67-13)26-38(60)57-24-18-19-36(57)43(68-14)30(7)47(62)53-35(50(65)69-15)25-33-20-22-34(23-21-33)73-52-46(72-32(9)59)44(71-31(8)58)42(61)45(74-52)51(66)70-16/h20-23,27-30,35-37,39-46,52,61H,17-19,24-26H2,1-16H3,(H,53,62)(H,54,63)/t29?,30-,35-,36+,37-,39+,40+,41+,42-,43-,44-,45-,46+,52+/m1/s1. The molecule has 2 aliphatic rings. The summed E-state index contributed by atoms with van der Waals surface area (Å²) >= 11 is 0. The number of likely N-dealkylation sites (tertiary alicyclic amines) is 1. The molecule has 74 heavy (non-hydrogen) atoms. The van der Waals surface area contributed by atoms with Gasteiger partial charge in [0, 0.05) is 48.1 Å². The molecular formula is C52H83N5O17. The Bertz CT molecular complexity index is 2050. The minimum atomic E-state index is -1.78. The molecule has 2 aliphatic heterocycles. The molecule has 1 unspecified atom stereocenters. The Hall–Kier alpha value is -5.42. The predicted octanol–water partition coefficient (Wildman–Crippen LogP) is 2.04. The molecule has 0 bridgehead atoms. The van der Waals surface area contributed by atoms with Gasteiger partial charge in [-0.1, -0.05) is 67.0 Å². The molecular weight excluding hydrogens is 967 g/mol. The number of methoxy groups -OCH3 is 4. The topological polar surface area (TPSA) is 264 Å². The molecule has 2 saturated heterocycles. The summed E-state index contributed by atoms with van der Waals surface area (Å²) in [7, 11) is 10.6. The number of aliphatic hydroxyl groups excluding tert-OH is 1. The Morgan fingerprint density at radius 3 is 1.92 bits per heavy atom. The highest BCUT2D eigenvalue weighted by atomic mass is 16.7. The van der Waals surface area contributed by atoms with Gasteiger partial charge in [-0.15, -0.1) is 0 Å². The van der Waals surface area contributed by atoms with E-state index < -0.39 is 109 Å². The fraction of sp³-hybridized carbons (Fsp3) is 0.731. The Balaban J connectivity index is 1.80. The molecule has 0 saturated carbocycles. The lowest BCUT2D eigenvalue weighted by Crippen LogP contribution is -2.63. The molecule has 418 valence electrons. The maximum atomic E-state index is 14.4. The molecule has 2 fully saturated rings. The monoisotopic (exact) mass is 1050 g/mol. The first-order chi connectivity index (χ1) is 34.8. The van der Waals surface area contributed by atoms with Gasteiger partial charge in [0.2, 0.25) is 36.0 Å². The van der Waals surface area contributed by atoms with Gasteiger partial charge in [0.1, 0.15) is 23.9 Å². The number of hydrogen-bond acceptors (Lipinski definition) is 18. The molecule has 22 heteroatoms. The number of ether oxygens (including phenoxy) is 8. The maximum Gasteiger partial charge on any atom is 0.338 e. The van der Waals surface area contributed by atoms with Crippen LogP contribution in [0.3, 0.4) is 0 Å². The van der Waals surface area contributed by atoms with Gasteiger partial charge >= 0.3 is 23.9 Å². The van der Waals surface area contributed by atoms with E-state index in [1.54, 1.807) is 35.9 Å². The van der Waals surface area contributed by atoms with Crippen molar-refractivity contribution in [3.63, 3.8) is 0 Å². The van der Waals surface area contributed by atoms with Crippen LogP contribution in [-0.4, -0.2) is 197 Å². The van der Waals surface area contributed by atoms with Crippen molar-refractivity contribution in [2.24, 2.45) is 23.7 Å². The third-order valence-corrected chi connectivity index (χ3v) is 13.9. The quantitative estimate of drug-likeness (QED) is 0.0885. The largest absolute Gasteiger partial charge is 0.467 e. The van der Waals surface area contributed by atoms with Crippen LogP contribution in [0.25, 0.3) is 0 Å². The number of rotatable bonds is 26. The Morgan fingerprint density at radius 1 is 0.811 bits per heavy atom. The van der Waals surface area contributed by atoms with Crippen molar-refractivity contribution in [3.8, 4) is 5.75 Å². The van der Waals surface area contributed by atoms with E-state index in [4.69, 9.17) is 37.9 Å². The number of amides is 4. The number of likely N-dealkylation sites (N-methyl/N-ethyl adjacent to an activating group) is 2. The van der Waals surface area contributed by atoms with Gasteiger partial charge in [-0.05, 0) is 62.4 Å². The first-order valence-electron chi connectivity index (χ1n) is 25.3. The van der Waals surface area contributed by atoms with Crippen molar-refractivity contribution in [1.82, 2.24) is 25.3 Å². The van der Waals surface area contributed by atoms with Gasteiger partial charge in [-0.2, -0.15) is 0 Å². The third-order valence-electron chi connectivity index (χ3n) is 13.9. The molecule has 0 radical (unpaired) electrons. The van der Waals surface area contributed by atoms with Gasteiger partial charge in [0.15, 0.2) is 12.2 Å². The minimum absolute atomic E-state index is 0.00340. The zero-order valence-electron chi connectivity index (χ0n) is 46.1. The molecule has 4 amide bonds. The summed E-state index contributed by atoms with van der Waals surface area (Å²) in [6.45, 7) is 15.9. The lowest BCUT2D eigenvalue weighted by molar-refractivity contribution is -0.279. The third kappa shape index (κ3) is 16.3. The minimum Gasteiger partial charge on any atom is -0.467 e. The van der Waals surface area contributed by atoms with Crippen LogP contribution in [0.2, 0.25) is 0 Å². The number of benzene rings is 1. The molecule has 14 atom stereocenters. The first-order valence-corrected chi connectivity index (χ1v) is 25.3. The van der Waals surface area contributed by atoms with Gasteiger partial charge in [-0.3, -0.25) is 33.7 Å². The van der Waals surface area contributed by atoms with Crippen LogP contribution < -0.4 is 15.4 Å². The van der Waals surface area contributed by atoms with E-state index in [-0.39, 0.29) is 54.1 Å². The van der Waals surface area contributed by atoms with E-state index in [1.807, 2.05) is 60.5 Å². The number of carbonyl (C=O) groups is 8. The Morgan fingerprint density at radius 2 is 1.42 bits per heavy atom. The van der Waals surface area contributed by atoms with Crippen molar-refractivity contribution in [3.05, 3.63) is 29.8 Å². The number of carbonyl (C=O) groups excluding carboxylic acids is 8. The fourth-order valence-corrected chi connectivity index (χ4v) is 10.00. The van der Waals surface area contributed by atoms with Crippen molar-refractivity contribution in [2.75, 3.05) is 56.1 Å². The van der Waals surface area contributed by atoms with E-state index in [9.17, 15) is 43.5 Å². The second-order valence-electron chi connectivity index (χ2n) is 20.1. The summed E-state index contributed by atoms with van der Waals surface area (Å²) in [4.78, 5) is 111. The van der Waals surface area contributed by atoms with Crippen molar-refractivity contribution in [1.29, 1.82) is 0 Å². The lowest BCUT2D eigenvalue weighted by Gasteiger charge is -2.41. The van der Waals surface area contributed by atoms with E-state index in [0.29, 0.717) is 31.4 Å². The van der Waals surface area contributed by atoms with Crippen molar-refractivity contribution < 1.29 is 81.4 Å². The molecule has 0 aliphatic carbocycles. The summed E-state index contributed by atoms with van der Waals surface area (Å²) in [5, 5.41) is 16.7. The van der Waals surface area contributed by atoms with Crippen LogP contribution in [0.4, 0.5) is 0 Å². The average molecular weight is 1050 g/mol. The molecule has 0 spiro atoms. The number of hydrogen-bond donors (Lipinski definition) is 3. The fourth-order valence-electron chi connectivity index (χ4n) is 10.00. The molecule has 3 rings (SSSR count). The van der Waals surface area contributed by atoms with Crippen molar-refractivity contribution >= 4 is 47.5 Å². The first kappa shape index (κ1) is 62.9. The Labute approximate surface area is 436 Å². The van der Waals surface area contributed by atoms with E-state index >= 15 is 0 Å². The average Bonchev–Trinajstić information content (AvgIpc) is 3.83. The van der Waals surface area contributed by atoms with Gasteiger partial charge < -0.3 is 63.4 Å².